The minimum atomic E-state index is -0.939. The maximum atomic E-state index is 13.8. The van der Waals surface area contributed by atoms with E-state index < -0.39 is 17.2 Å². The van der Waals surface area contributed by atoms with Crippen LogP contribution in [0.5, 0.6) is 5.75 Å². The molecule has 1 aromatic carbocycles. The molecule has 1 rings (SSSR count). The van der Waals surface area contributed by atoms with Crippen LogP contribution in [0.1, 0.15) is 19.4 Å². The molecule has 0 radical (unpaired) electrons. The van der Waals surface area contributed by atoms with Gasteiger partial charge in [-0.2, -0.15) is 0 Å². The molecule has 2 N–H and O–H groups in total. The Morgan fingerprint density at radius 1 is 1.40 bits per heavy atom. The Morgan fingerprint density at radius 2 is 1.93 bits per heavy atom. The molecule has 0 aromatic heterocycles. The zero-order valence-electron chi connectivity index (χ0n) is 8.70. The lowest BCUT2D eigenvalue weighted by atomic mass is 9.94. The fourth-order valence-corrected chi connectivity index (χ4v) is 1.65. The van der Waals surface area contributed by atoms with Crippen LogP contribution in [0.3, 0.4) is 0 Å². The SMILES string of the molecule is COc1cc(F)c(Br)c(F)c1C(C)(C)N. The van der Waals surface area contributed by atoms with Crippen LogP contribution in [-0.4, -0.2) is 7.11 Å². The summed E-state index contributed by atoms with van der Waals surface area (Å²) in [6.07, 6.45) is 0. The second-order valence-electron chi connectivity index (χ2n) is 3.79. The number of nitrogens with two attached hydrogens (primary N) is 1. The minimum absolute atomic E-state index is 0.112. The number of ether oxygens (including phenoxy) is 1. The molecule has 0 saturated heterocycles. The van der Waals surface area contributed by atoms with Crippen LogP contribution < -0.4 is 10.5 Å². The van der Waals surface area contributed by atoms with E-state index in [1.54, 1.807) is 13.8 Å². The van der Waals surface area contributed by atoms with Crippen LogP contribution in [-0.2, 0) is 5.54 Å². The van der Waals surface area contributed by atoms with Crippen LogP contribution >= 0.6 is 15.9 Å². The predicted molar refractivity (Wildman–Crippen MR) is 57.8 cm³/mol. The molecule has 84 valence electrons. The molecule has 0 spiro atoms. The molecule has 0 aliphatic rings. The molecular weight excluding hydrogens is 268 g/mol. The Labute approximate surface area is 95.5 Å². The van der Waals surface area contributed by atoms with Gasteiger partial charge in [0.1, 0.15) is 17.4 Å². The molecule has 0 aliphatic heterocycles. The van der Waals surface area contributed by atoms with Crippen LogP contribution in [0.25, 0.3) is 0 Å². The lowest BCUT2D eigenvalue weighted by Gasteiger charge is -2.23. The molecule has 0 bridgehead atoms. The van der Waals surface area contributed by atoms with Crippen molar-refractivity contribution in [1.29, 1.82) is 0 Å². The standard InChI is InChI=1S/C10H12BrF2NO/c1-10(2,14)7-6(15-3)4-5(12)8(11)9(7)13/h4H,14H2,1-3H3. The highest BCUT2D eigenvalue weighted by molar-refractivity contribution is 9.10. The molecule has 0 atom stereocenters. The molecule has 1 aromatic rings. The number of methoxy groups -OCH3 is 1. The summed E-state index contributed by atoms with van der Waals surface area (Å²) in [4.78, 5) is 0. The van der Waals surface area contributed by atoms with Gasteiger partial charge in [-0.1, -0.05) is 0 Å². The molecule has 0 fully saturated rings. The van der Waals surface area contributed by atoms with Gasteiger partial charge in [0.2, 0.25) is 0 Å². The van der Waals surface area contributed by atoms with Gasteiger partial charge in [-0.25, -0.2) is 8.78 Å². The van der Waals surface area contributed by atoms with E-state index in [0.717, 1.165) is 6.07 Å². The lowest BCUT2D eigenvalue weighted by molar-refractivity contribution is 0.378. The molecular formula is C10H12BrF2NO. The van der Waals surface area contributed by atoms with Crippen molar-refractivity contribution in [3.05, 3.63) is 27.7 Å². The van der Waals surface area contributed by atoms with Gasteiger partial charge in [0.25, 0.3) is 0 Å². The number of halogens is 3. The molecule has 2 nitrogen and oxygen atoms in total. The van der Waals surface area contributed by atoms with Gasteiger partial charge >= 0.3 is 0 Å². The van der Waals surface area contributed by atoms with Crippen LogP contribution in [0.2, 0.25) is 0 Å². The summed E-state index contributed by atoms with van der Waals surface area (Å²) in [5, 5.41) is 0. The largest absolute Gasteiger partial charge is 0.496 e. The van der Waals surface area contributed by atoms with Gasteiger partial charge in [0.15, 0.2) is 0 Å². The fraction of sp³-hybridized carbons (Fsp3) is 0.400. The smallest absolute Gasteiger partial charge is 0.149 e. The first-order chi connectivity index (χ1) is 6.79. The summed E-state index contributed by atoms with van der Waals surface area (Å²) < 4.78 is 31.6. The van der Waals surface area contributed by atoms with Crippen molar-refractivity contribution in [3.63, 3.8) is 0 Å². The molecule has 0 heterocycles. The predicted octanol–water partition coefficient (Wildman–Crippen LogP) is 2.93. The van der Waals surface area contributed by atoms with E-state index in [4.69, 9.17) is 10.5 Å². The zero-order chi connectivity index (χ0) is 11.8. The quantitative estimate of drug-likeness (QED) is 0.845. The van der Waals surface area contributed by atoms with E-state index in [2.05, 4.69) is 15.9 Å². The van der Waals surface area contributed by atoms with Gasteiger partial charge < -0.3 is 10.5 Å². The Hall–Kier alpha value is -0.680. The molecule has 5 heteroatoms. The average molecular weight is 280 g/mol. The van der Waals surface area contributed by atoms with Gasteiger partial charge in [-0.3, -0.25) is 0 Å². The van der Waals surface area contributed by atoms with E-state index in [0.29, 0.717) is 0 Å². The summed E-state index contributed by atoms with van der Waals surface area (Å²) in [6, 6.07) is 1.11. The number of rotatable bonds is 2. The molecule has 0 aliphatic carbocycles. The Balaban J connectivity index is 3.55. The lowest BCUT2D eigenvalue weighted by Crippen LogP contribution is -2.30. The highest BCUT2D eigenvalue weighted by atomic mass is 79.9. The second kappa shape index (κ2) is 4.06. The van der Waals surface area contributed by atoms with Crippen LogP contribution in [0, 0.1) is 11.6 Å². The summed E-state index contributed by atoms with van der Waals surface area (Å²) >= 11 is 2.82. The first-order valence-electron chi connectivity index (χ1n) is 4.30. The minimum Gasteiger partial charge on any atom is -0.496 e. The van der Waals surface area contributed by atoms with Crippen molar-refractivity contribution < 1.29 is 13.5 Å². The topological polar surface area (TPSA) is 35.2 Å². The van der Waals surface area contributed by atoms with Crippen molar-refractivity contribution in [2.45, 2.75) is 19.4 Å². The molecule has 0 saturated carbocycles. The number of benzene rings is 1. The third-order valence-corrected chi connectivity index (χ3v) is 2.72. The van der Waals surface area contributed by atoms with Crippen molar-refractivity contribution in [3.8, 4) is 5.75 Å². The summed E-state index contributed by atoms with van der Waals surface area (Å²) in [6.45, 7) is 3.25. The van der Waals surface area contributed by atoms with E-state index in [9.17, 15) is 8.78 Å². The Morgan fingerprint density at radius 3 is 2.33 bits per heavy atom. The normalized spacial score (nSPS) is 11.7. The highest BCUT2D eigenvalue weighted by Gasteiger charge is 2.27. The van der Waals surface area contributed by atoms with Crippen LogP contribution in [0.15, 0.2) is 10.5 Å². The van der Waals surface area contributed by atoms with E-state index in [-0.39, 0.29) is 15.8 Å². The Bertz CT molecular complexity index is 388. The van der Waals surface area contributed by atoms with Gasteiger partial charge in [-0.05, 0) is 29.8 Å². The maximum Gasteiger partial charge on any atom is 0.149 e. The van der Waals surface area contributed by atoms with Gasteiger partial charge in [-0.15, -0.1) is 0 Å². The van der Waals surface area contributed by atoms with E-state index in [1.807, 2.05) is 0 Å². The fourth-order valence-electron chi connectivity index (χ4n) is 1.33. The monoisotopic (exact) mass is 279 g/mol. The second-order valence-corrected chi connectivity index (χ2v) is 4.58. The molecule has 15 heavy (non-hydrogen) atoms. The van der Waals surface area contributed by atoms with E-state index >= 15 is 0 Å². The van der Waals surface area contributed by atoms with Gasteiger partial charge in [0, 0.05) is 11.6 Å². The summed E-state index contributed by atoms with van der Waals surface area (Å²) in [7, 11) is 1.34. The van der Waals surface area contributed by atoms with Crippen molar-refractivity contribution >= 4 is 15.9 Å². The number of hydrogen-bond donors (Lipinski definition) is 1. The maximum absolute atomic E-state index is 13.8. The summed E-state index contributed by atoms with van der Waals surface area (Å²) in [5.41, 5.74) is 5.00. The first kappa shape index (κ1) is 12.4. The van der Waals surface area contributed by atoms with Crippen LogP contribution in [0.4, 0.5) is 8.78 Å². The third kappa shape index (κ3) is 2.29. The van der Waals surface area contributed by atoms with Gasteiger partial charge in [0.05, 0.1) is 17.1 Å². The third-order valence-electron chi connectivity index (χ3n) is 1.99. The van der Waals surface area contributed by atoms with Crippen molar-refractivity contribution in [1.82, 2.24) is 0 Å². The van der Waals surface area contributed by atoms with E-state index in [1.165, 1.54) is 7.11 Å². The highest BCUT2D eigenvalue weighted by Crippen LogP contribution is 2.35. The molecule has 0 amide bonds. The first-order valence-corrected chi connectivity index (χ1v) is 5.09. The zero-order valence-corrected chi connectivity index (χ0v) is 10.3. The van der Waals surface area contributed by atoms with Crippen molar-refractivity contribution in [2.24, 2.45) is 5.73 Å². The summed E-state index contributed by atoms with van der Waals surface area (Å²) in [5.74, 6) is -1.32. The average Bonchev–Trinajstić information content (AvgIpc) is 2.11. The molecule has 0 unspecified atom stereocenters. The van der Waals surface area contributed by atoms with Crippen molar-refractivity contribution in [2.75, 3.05) is 7.11 Å². The Kier molecular flexibility index (Phi) is 3.35. The number of hydrogen-bond acceptors (Lipinski definition) is 2.